The lowest BCUT2D eigenvalue weighted by molar-refractivity contribution is -0.138. The van der Waals surface area contributed by atoms with Crippen molar-refractivity contribution in [1.82, 2.24) is 10.3 Å². The smallest absolute Gasteiger partial charge is 0.303 e. The normalized spacial score (nSPS) is 12.1. The molecule has 0 aliphatic heterocycles. The largest absolute Gasteiger partial charge is 0.481 e. The molecule has 2 aromatic rings. The Kier molecular flexibility index (Phi) is 7.03. The Morgan fingerprint density at radius 3 is 2.80 bits per heavy atom. The molecule has 0 aliphatic carbocycles. The van der Waals surface area contributed by atoms with Crippen LogP contribution < -0.4 is 10.2 Å². The van der Waals surface area contributed by atoms with Gasteiger partial charge in [0.05, 0.1) is 23.2 Å². The number of thiazole rings is 1. The summed E-state index contributed by atoms with van der Waals surface area (Å²) in [6.07, 6.45) is -0.243. The van der Waals surface area contributed by atoms with Crippen molar-refractivity contribution >= 4 is 50.9 Å². The minimum atomic E-state index is -0.992. The number of fused-ring (bicyclic) bond motifs is 1. The Hall–Kier alpha value is -1.84. The molecule has 2 N–H and O–H groups in total. The van der Waals surface area contributed by atoms with Crippen LogP contribution in [-0.2, 0) is 14.3 Å². The van der Waals surface area contributed by atoms with Gasteiger partial charge in [0.25, 0.3) is 0 Å². The number of carboxylic acid groups (broad SMARTS) is 1. The van der Waals surface area contributed by atoms with Crippen LogP contribution in [0.5, 0.6) is 0 Å². The van der Waals surface area contributed by atoms with Crippen LogP contribution in [0, 0.1) is 0 Å². The number of anilines is 1. The van der Waals surface area contributed by atoms with E-state index in [4.69, 9.17) is 9.84 Å². The molecule has 0 radical (unpaired) electrons. The summed E-state index contributed by atoms with van der Waals surface area (Å²) in [5.41, 5.74) is 1.98. The molecule has 0 fully saturated rings. The van der Waals surface area contributed by atoms with Crippen LogP contribution in [0.4, 0.5) is 5.69 Å². The van der Waals surface area contributed by atoms with Gasteiger partial charge in [-0.25, -0.2) is 4.98 Å². The van der Waals surface area contributed by atoms with Gasteiger partial charge in [0.2, 0.25) is 5.91 Å². The standard InChI is InChI=1S/C16H21N3O4S2/c1-19(2)10-4-5-12-11(8-10)17-16(24-12)25-14(9-23-3)18-13(20)6-7-15(21)22/h4-5,8,14H,6-7,9H2,1-3H3,(H,18,20)(H,21,22). The van der Waals surface area contributed by atoms with E-state index in [2.05, 4.69) is 10.3 Å². The van der Waals surface area contributed by atoms with Gasteiger partial charge in [0.1, 0.15) is 5.37 Å². The lowest BCUT2D eigenvalue weighted by Gasteiger charge is -2.15. The number of methoxy groups -OCH3 is 1. The third-order valence-electron chi connectivity index (χ3n) is 3.32. The SMILES string of the molecule is COCC(NC(=O)CCC(=O)O)Sc1nc2cc(N(C)C)ccc2s1. The van der Waals surface area contributed by atoms with Crippen LogP contribution in [0.3, 0.4) is 0 Å². The van der Waals surface area contributed by atoms with Crippen molar-refractivity contribution < 1.29 is 19.4 Å². The number of aromatic nitrogens is 1. The van der Waals surface area contributed by atoms with Gasteiger partial charge in [-0.1, -0.05) is 11.8 Å². The second-order valence-electron chi connectivity index (χ2n) is 5.55. The van der Waals surface area contributed by atoms with Gasteiger partial charge in [-0.15, -0.1) is 11.3 Å². The summed E-state index contributed by atoms with van der Waals surface area (Å²) < 4.78 is 7.04. The number of nitrogens with one attached hydrogen (secondary N) is 1. The number of hydrogen-bond donors (Lipinski definition) is 2. The molecule has 1 aromatic carbocycles. The second kappa shape index (κ2) is 9.02. The lowest BCUT2D eigenvalue weighted by atomic mass is 10.3. The highest BCUT2D eigenvalue weighted by Crippen LogP contribution is 2.33. The summed E-state index contributed by atoms with van der Waals surface area (Å²) in [7, 11) is 5.51. The molecular weight excluding hydrogens is 362 g/mol. The van der Waals surface area contributed by atoms with Gasteiger partial charge in [0, 0.05) is 33.3 Å². The number of carbonyl (C=O) groups excluding carboxylic acids is 1. The fourth-order valence-electron chi connectivity index (χ4n) is 2.07. The quantitative estimate of drug-likeness (QED) is 0.507. The maximum absolute atomic E-state index is 11.8. The summed E-state index contributed by atoms with van der Waals surface area (Å²) in [6.45, 7) is 0.308. The van der Waals surface area contributed by atoms with E-state index in [-0.39, 0.29) is 24.1 Å². The summed E-state index contributed by atoms with van der Waals surface area (Å²) in [4.78, 5) is 29.0. The molecule has 25 heavy (non-hydrogen) atoms. The third-order valence-corrected chi connectivity index (χ3v) is 5.52. The van der Waals surface area contributed by atoms with E-state index in [0.717, 1.165) is 20.2 Å². The van der Waals surface area contributed by atoms with Crippen LogP contribution in [0.1, 0.15) is 12.8 Å². The Labute approximate surface area is 154 Å². The molecule has 0 bridgehead atoms. The highest BCUT2D eigenvalue weighted by atomic mass is 32.2. The number of carbonyl (C=O) groups is 2. The molecule has 1 unspecified atom stereocenters. The molecule has 0 saturated heterocycles. The Balaban J connectivity index is 2.06. The Morgan fingerprint density at radius 2 is 2.16 bits per heavy atom. The number of ether oxygens (including phenoxy) is 1. The van der Waals surface area contributed by atoms with Crippen molar-refractivity contribution in [2.75, 3.05) is 32.7 Å². The van der Waals surface area contributed by atoms with E-state index in [9.17, 15) is 9.59 Å². The predicted octanol–water partition coefficient (Wildman–Crippen LogP) is 2.41. The fourth-order valence-corrected chi connectivity index (χ4v) is 4.35. The van der Waals surface area contributed by atoms with Gasteiger partial charge >= 0.3 is 5.97 Å². The van der Waals surface area contributed by atoms with Crippen LogP contribution in [0.15, 0.2) is 22.5 Å². The first-order valence-corrected chi connectivity index (χ1v) is 9.33. The van der Waals surface area contributed by atoms with E-state index in [1.54, 1.807) is 18.4 Å². The van der Waals surface area contributed by atoms with Gasteiger partial charge < -0.3 is 20.1 Å². The Bertz CT molecular complexity index is 748. The van der Waals surface area contributed by atoms with Gasteiger partial charge in [-0.2, -0.15) is 0 Å². The van der Waals surface area contributed by atoms with E-state index in [1.807, 2.05) is 37.2 Å². The highest BCUT2D eigenvalue weighted by molar-refractivity contribution is 8.01. The van der Waals surface area contributed by atoms with Gasteiger partial charge in [-0.3, -0.25) is 9.59 Å². The van der Waals surface area contributed by atoms with E-state index >= 15 is 0 Å². The zero-order valence-electron chi connectivity index (χ0n) is 14.3. The highest BCUT2D eigenvalue weighted by Gasteiger charge is 2.17. The van der Waals surface area contributed by atoms with Gasteiger partial charge in [-0.05, 0) is 18.2 Å². The summed E-state index contributed by atoms with van der Waals surface area (Å²) in [5, 5.41) is 11.1. The van der Waals surface area contributed by atoms with Crippen molar-refractivity contribution in [2.24, 2.45) is 0 Å². The molecule has 0 saturated carbocycles. The van der Waals surface area contributed by atoms with Gasteiger partial charge in [0.15, 0.2) is 4.34 Å². The van der Waals surface area contributed by atoms with Crippen molar-refractivity contribution in [3.05, 3.63) is 18.2 Å². The van der Waals surface area contributed by atoms with E-state index < -0.39 is 5.97 Å². The molecule has 0 spiro atoms. The first kappa shape index (κ1) is 19.5. The molecule has 1 aromatic heterocycles. The monoisotopic (exact) mass is 383 g/mol. The Morgan fingerprint density at radius 1 is 1.40 bits per heavy atom. The zero-order chi connectivity index (χ0) is 18.4. The number of amides is 1. The number of rotatable bonds is 9. The first-order valence-electron chi connectivity index (χ1n) is 7.63. The van der Waals surface area contributed by atoms with Crippen molar-refractivity contribution in [1.29, 1.82) is 0 Å². The number of benzene rings is 1. The third kappa shape index (κ3) is 5.87. The zero-order valence-corrected chi connectivity index (χ0v) is 15.9. The summed E-state index contributed by atoms with van der Waals surface area (Å²) >= 11 is 2.95. The van der Waals surface area contributed by atoms with Crippen LogP contribution in [-0.4, -0.2) is 55.2 Å². The summed E-state index contributed by atoms with van der Waals surface area (Å²) in [5.74, 6) is -1.30. The van der Waals surface area contributed by atoms with Crippen molar-refractivity contribution in [3.8, 4) is 0 Å². The minimum absolute atomic E-state index is 0.0534. The summed E-state index contributed by atoms with van der Waals surface area (Å²) in [6, 6.07) is 6.09. The number of nitrogens with zero attached hydrogens (tertiary/aromatic N) is 2. The fraction of sp³-hybridized carbons (Fsp3) is 0.438. The molecule has 0 aliphatic rings. The average Bonchev–Trinajstić information content (AvgIpc) is 2.94. The molecular formula is C16H21N3O4S2. The van der Waals surface area contributed by atoms with E-state index in [1.165, 1.54) is 11.8 Å². The molecule has 2 rings (SSSR count). The first-order chi connectivity index (χ1) is 11.9. The molecule has 136 valence electrons. The number of aliphatic carboxylic acids is 1. The predicted molar refractivity (Wildman–Crippen MR) is 100 cm³/mol. The maximum atomic E-state index is 11.8. The number of hydrogen-bond acceptors (Lipinski definition) is 7. The molecule has 9 heteroatoms. The van der Waals surface area contributed by atoms with Crippen molar-refractivity contribution in [3.63, 3.8) is 0 Å². The minimum Gasteiger partial charge on any atom is -0.481 e. The maximum Gasteiger partial charge on any atom is 0.303 e. The van der Waals surface area contributed by atoms with E-state index in [0.29, 0.717) is 6.61 Å². The molecule has 1 atom stereocenters. The van der Waals surface area contributed by atoms with Crippen LogP contribution >= 0.6 is 23.1 Å². The lowest BCUT2D eigenvalue weighted by Crippen LogP contribution is -2.35. The van der Waals surface area contributed by atoms with Crippen LogP contribution in [0.25, 0.3) is 10.2 Å². The van der Waals surface area contributed by atoms with Crippen molar-refractivity contribution in [2.45, 2.75) is 22.6 Å². The average molecular weight is 383 g/mol. The topological polar surface area (TPSA) is 91.8 Å². The molecule has 7 nitrogen and oxygen atoms in total. The molecule has 1 amide bonds. The molecule has 1 heterocycles. The van der Waals surface area contributed by atoms with Crippen LogP contribution in [0.2, 0.25) is 0 Å². The number of thioether (sulfide) groups is 1. The number of carboxylic acids is 1. The second-order valence-corrected chi connectivity index (χ2v) is 8.03.